The molecule has 0 saturated heterocycles. The van der Waals surface area contributed by atoms with Crippen LogP contribution in [0.3, 0.4) is 0 Å². The van der Waals surface area contributed by atoms with Crippen LogP contribution in [0.4, 0.5) is 4.79 Å². The van der Waals surface area contributed by atoms with E-state index >= 15 is 0 Å². The van der Waals surface area contributed by atoms with E-state index in [0.717, 1.165) is 12.8 Å². The van der Waals surface area contributed by atoms with Crippen molar-refractivity contribution in [3.8, 4) is 11.1 Å². The van der Waals surface area contributed by atoms with Gasteiger partial charge in [-0.25, -0.2) is 9.48 Å². The van der Waals surface area contributed by atoms with E-state index in [0.29, 0.717) is 26.0 Å². The van der Waals surface area contributed by atoms with Gasteiger partial charge in [-0.05, 0) is 41.2 Å². The normalized spacial score (nSPS) is 12.0. The van der Waals surface area contributed by atoms with Crippen LogP contribution in [0, 0.1) is 5.41 Å². The standard InChI is InChI=1S/C25H27N5O3/c26-24(30-16-8-15-28-30)29-23(31)13-2-1-7-14-27-25(32)33-17-22-20-11-5-3-9-18(20)19-10-4-6-12-21(19)22/h3-6,8-12,15-16,22H,1-2,7,13-14,17H2,(H,27,32)(H2,26,29,31). The second kappa shape index (κ2) is 10.6. The molecule has 0 fully saturated rings. The first-order valence-corrected chi connectivity index (χ1v) is 11.1. The molecule has 1 aromatic heterocycles. The number of carbonyl (C=O) groups is 2. The molecule has 0 saturated carbocycles. The summed E-state index contributed by atoms with van der Waals surface area (Å²) in [4.78, 5) is 24.1. The first-order chi connectivity index (χ1) is 16.1. The van der Waals surface area contributed by atoms with Crippen molar-refractivity contribution in [1.29, 1.82) is 5.41 Å². The zero-order chi connectivity index (χ0) is 23.0. The molecule has 2 aromatic carbocycles. The van der Waals surface area contributed by atoms with E-state index in [9.17, 15) is 9.59 Å². The average Bonchev–Trinajstić information content (AvgIpc) is 3.47. The lowest BCUT2D eigenvalue weighted by molar-refractivity contribution is -0.119. The molecule has 1 heterocycles. The van der Waals surface area contributed by atoms with E-state index < -0.39 is 6.09 Å². The third-order valence-electron chi connectivity index (χ3n) is 5.68. The van der Waals surface area contributed by atoms with Crippen LogP contribution in [-0.2, 0) is 9.53 Å². The minimum Gasteiger partial charge on any atom is -0.449 e. The highest BCUT2D eigenvalue weighted by molar-refractivity contribution is 5.96. The Bertz CT molecular complexity index is 1080. The molecule has 33 heavy (non-hydrogen) atoms. The number of nitrogens with one attached hydrogen (secondary N) is 3. The van der Waals surface area contributed by atoms with Gasteiger partial charge in [-0.15, -0.1) is 0 Å². The van der Waals surface area contributed by atoms with E-state index in [1.165, 1.54) is 26.9 Å². The molecule has 170 valence electrons. The number of rotatable bonds is 8. The summed E-state index contributed by atoms with van der Waals surface area (Å²) in [6.07, 6.45) is 5.23. The number of unbranched alkanes of at least 4 members (excludes halogenated alkanes) is 2. The molecular formula is C25H27N5O3. The van der Waals surface area contributed by atoms with Gasteiger partial charge < -0.3 is 10.1 Å². The molecule has 1 aliphatic rings. The van der Waals surface area contributed by atoms with Crippen LogP contribution in [0.5, 0.6) is 0 Å². The van der Waals surface area contributed by atoms with E-state index in [1.807, 2.05) is 24.3 Å². The van der Waals surface area contributed by atoms with Gasteiger partial charge in [0.1, 0.15) is 6.61 Å². The fourth-order valence-electron chi connectivity index (χ4n) is 4.08. The molecule has 0 unspecified atom stereocenters. The van der Waals surface area contributed by atoms with Gasteiger partial charge in [0.2, 0.25) is 11.9 Å². The van der Waals surface area contributed by atoms with Crippen LogP contribution < -0.4 is 10.6 Å². The van der Waals surface area contributed by atoms with Crippen molar-refractivity contribution in [1.82, 2.24) is 20.4 Å². The first kappa shape index (κ1) is 22.3. The zero-order valence-electron chi connectivity index (χ0n) is 18.3. The Morgan fingerprint density at radius 3 is 2.33 bits per heavy atom. The Labute approximate surface area is 192 Å². The summed E-state index contributed by atoms with van der Waals surface area (Å²) in [6.45, 7) is 0.781. The molecule has 2 amide bonds. The largest absolute Gasteiger partial charge is 0.449 e. The summed E-state index contributed by atoms with van der Waals surface area (Å²) in [7, 11) is 0. The van der Waals surface area contributed by atoms with E-state index in [-0.39, 0.29) is 17.8 Å². The Balaban J connectivity index is 1.13. The van der Waals surface area contributed by atoms with Crippen LogP contribution in [-0.4, -0.2) is 40.9 Å². The van der Waals surface area contributed by atoms with Crippen molar-refractivity contribution < 1.29 is 14.3 Å². The molecule has 1 aliphatic carbocycles. The lowest BCUT2D eigenvalue weighted by Gasteiger charge is -2.14. The highest BCUT2D eigenvalue weighted by Gasteiger charge is 2.28. The van der Waals surface area contributed by atoms with Gasteiger partial charge in [0.05, 0.1) is 0 Å². The summed E-state index contributed by atoms with van der Waals surface area (Å²) in [5.41, 5.74) is 4.77. The van der Waals surface area contributed by atoms with Gasteiger partial charge in [0.15, 0.2) is 0 Å². The molecule has 0 spiro atoms. The number of alkyl carbamates (subject to hydrolysis) is 1. The number of amides is 2. The van der Waals surface area contributed by atoms with E-state index in [2.05, 4.69) is 40.0 Å². The van der Waals surface area contributed by atoms with Crippen molar-refractivity contribution in [3.63, 3.8) is 0 Å². The number of hydrogen-bond acceptors (Lipinski definition) is 5. The summed E-state index contributed by atoms with van der Waals surface area (Å²) in [6, 6.07) is 18.2. The monoisotopic (exact) mass is 445 g/mol. The van der Waals surface area contributed by atoms with Crippen molar-refractivity contribution in [3.05, 3.63) is 78.1 Å². The third kappa shape index (κ3) is 5.46. The minimum absolute atomic E-state index is 0.0436. The molecule has 8 heteroatoms. The van der Waals surface area contributed by atoms with Crippen molar-refractivity contribution in [2.24, 2.45) is 0 Å². The van der Waals surface area contributed by atoms with Gasteiger partial charge in [-0.2, -0.15) is 5.10 Å². The minimum atomic E-state index is -0.428. The maximum Gasteiger partial charge on any atom is 0.407 e. The topological polar surface area (TPSA) is 109 Å². The first-order valence-electron chi connectivity index (χ1n) is 11.1. The van der Waals surface area contributed by atoms with Crippen molar-refractivity contribution in [2.75, 3.05) is 13.2 Å². The molecule has 0 radical (unpaired) electrons. The van der Waals surface area contributed by atoms with Gasteiger partial charge in [0, 0.05) is 31.3 Å². The van der Waals surface area contributed by atoms with Gasteiger partial charge in [-0.3, -0.25) is 15.5 Å². The lowest BCUT2D eigenvalue weighted by atomic mass is 9.98. The van der Waals surface area contributed by atoms with Crippen molar-refractivity contribution in [2.45, 2.75) is 31.6 Å². The van der Waals surface area contributed by atoms with Gasteiger partial charge in [0.25, 0.3) is 0 Å². The highest BCUT2D eigenvalue weighted by atomic mass is 16.5. The Kier molecular flexibility index (Phi) is 7.14. The number of ether oxygens (including phenoxy) is 1. The fourth-order valence-corrected chi connectivity index (χ4v) is 4.08. The highest BCUT2D eigenvalue weighted by Crippen LogP contribution is 2.44. The van der Waals surface area contributed by atoms with Gasteiger partial charge >= 0.3 is 6.09 Å². The number of aromatic nitrogens is 2. The Hall–Kier alpha value is -3.94. The van der Waals surface area contributed by atoms with Crippen LogP contribution in [0.1, 0.15) is 42.7 Å². The second-order valence-electron chi connectivity index (χ2n) is 7.91. The van der Waals surface area contributed by atoms with Crippen molar-refractivity contribution >= 4 is 18.0 Å². The lowest BCUT2D eigenvalue weighted by Crippen LogP contribution is -2.34. The smallest absolute Gasteiger partial charge is 0.407 e. The predicted molar refractivity (Wildman–Crippen MR) is 125 cm³/mol. The molecule has 4 rings (SSSR count). The molecule has 0 atom stereocenters. The molecule has 3 aromatic rings. The molecular weight excluding hydrogens is 418 g/mol. The van der Waals surface area contributed by atoms with E-state index in [4.69, 9.17) is 10.1 Å². The van der Waals surface area contributed by atoms with Crippen LogP contribution in [0.2, 0.25) is 0 Å². The summed E-state index contributed by atoms with van der Waals surface area (Å²) >= 11 is 0. The fraction of sp³-hybridized carbons (Fsp3) is 0.280. The third-order valence-corrected chi connectivity index (χ3v) is 5.68. The molecule has 0 bridgehead atoms. The zero-order valence-corrected chi connectivity index (χ0v) is 18.3. The summed E-state index contributed by atoms with van der Waals surface area (Å²) in [5.74, 6) is -0.246. The van der Waals surface area contributed by atoms with E-state index in [1.54, 1.807) is 18.5 Å². The SMILES string of the molecule is N=C(NC(=O)CCCCCNC(=O)OCC1c2ccccc2-c2ccccc21)n1cccn1. The number of hydrogen-bond donors (Lipinski definition) is 3. The summed E-state index contributed by atoms with van der Waals surface area (Å²) in [5, 5.41) is 16.9. The van der Waals surface area contributed by atoms with Crippen LogP contribution in [0.15, 0.2) is 67.0 Å². The number of nitrogens with zero attached hydrogens (tertiary/aromatic N) is 2. The maximum absolute atomic E-state index is 12.2. The maximum atomic E-state index is 12.2. The number of fused-ring (bicyclic) bond motifs is 3. The number of carbonyl (C=O) groups excluding carboxylic acids is 2. The van der Waals surface area contributed by atoms with Gasteiger partial charge in [-0.1, -0.05) is 55.0 Å². The molecule has 3 N–H and O–H groups in total. The van der Waals surface area contributed by atoms with Crippen LogP contribution in [0.25, 0.3) is 11.1 Å². The predicted octanol–water partition coefficient (Wildman–Crippen LogP) is 3.88. The Morgan fingerprint density at radius 1 is 0.970 bits per heavy atom. The Morgan fingerprint density at radius 2 is 1.67 bits per heavy atom. The van der Waals surface area contributed by atoms with Crippen LogP contribution >= 0.6 is 0 Å². The summed E-state index contributed by atoms with van der Waals surface area (Å²) < 4.78 is 6.81. The second-order valence-corrected chi connectivity index (χ2v) is 7.91. The molecule has 0 aliphatic heterocycles. The number of benzene rings is 2. The molecule has 8 nitrogen and oxygen atoms in total. The quantitative estimate of drug-likeness (QED) is 0.278. The average molecular weight is 446 g/mol.